The highest BCUT2D eigenvalue weighted by Crippen LogP contribution is 2.45. The quantitative estimate of drug-likeness (QED) is 0.413. The smallest absolute Gasteiger partial charge is 0.335 e. The van der Waals surface area contributed by atoms with Gasteiger partial charge < -0.3 is 24.6 Å². The van der Waals surface area contributed by atoms with Crippen molar-refractivity contribution in [3.63, 3.8) is 0 Å². The van der Waals surface area contributed by atoms with Crippen molar-refractivity contribution in [1.82, 2.24) is 10.1 Å². The SMILES string of the molecule is Cc1ccccc1-c1noc(C2CC2)c1COC1CC2CCC(C1)N2C(=O)Nc1cccc(C(=O)O)c1. The molecule has 1 aliphatic carbocycles. The zero-order chi connectivity index (χ0) is 25.5. The van der Waals surface area contributed by atoms with Gasteiger partial charge in [0.15, 0.2) is 0 Å². The predicted molar refractivity (Wildman–Crippen MR) is 138 cm³/mol. The summed E-state index contributed by atoms with van der Waals surface area (Å²) in [6, 6.07) is 14.6. The molecule has 2 saturated heterocycles. The van der Waals surface area contributed by atoms with Crippen LogP contribution in [0, 0.1) is 6.92 Å². The van der Waals surface area contributed by atoms with Crippen molar-refractivity contribution in [2.75, 3.05) is 5.32 Å². The van der Waals surface area contributed by atoms with Crippen LogP contribution in [-0.4, -0.2) is 45.4 Å². The Hall–Kier alpha value is -3.65. The molecule has 2 bridgehead atoms. The first-order valence-corrected chi connectivity index (χ1v) is 13.1. The van der Waals surface area contributed by atoms with Gasteiger partial charge in [0.2, 0.25) is 0 Å². The number of anilines is 1. The molecule has 2 aliphatic heterocycles. The summed E-state index contributed by atoms with van der Waals surface area (Å²) in [7, 11) is 0. The molecule has 3 aliphatic rings. The van der Waals surface area contributed by atoms with Gasteiger partial charge >= 0.3 is 12.0 Å². The van der Waals surface area contributed by atoms with Gasteiger partial charge in [-0.05, 0) is 69.2 Å². The first-order valence-electron chi connectivity index (χ1n) is 13.1. The van der Waals surface area contributed by atoms with E-state index in [9.17, 15) is 14.7 Å². The second kappa shape index (κ2) is 9.67. The van der Waals surface area contributed by atoms with E-state index in [0.29, 0.717) is 18.2 Å². The molecule has 3 fully saturated rings. The third-order valence-electron chi connectivity index (χ3n) is 7.92. The highest BCUT2D eigenvalue weighted by molar-refractivity contribution is 5.93. The van der Waals surface area contributed by atoms with E-state index in [1.165, 1.54) is 12.1 Å². The van der Waals surface area contributed by atoms with Crippen LogP contribution in [0.3, 0.4) is 0 Å². The molecule has 3 aromatic rings. The molecule has 2 unspecified atom stereocenters. The molecule has 0 radical (unpaired) electrons. The Morgan fingerprint density at radius 2 is 1.84 bits per heavy atom. The Morgan fingerprint density at radius 3 is 2.54 bits per heavy atom. The van der Waals surface area contributed by atoms with Gasteiger partial charge in [0.25, 0.3) is 0 Å². The molecule has 1 saturated carbocycles. The number of carbonyl (C=O) groups excluding carboxylic acids is 1. The number of nitrogens with one attached hydrogen (secondary N) is 1. The lowest BCUT2D eigenvalue weighted by Crippen LogP contribution is -2.50. The largest absolute Gasteiger partial charge is 0.478 e. The van der Waals surface area contributed by atoms with E-state index in [2.05, 4.69) is 29.5 Å². The number of carboxylic acid groups (broad SMARTS) is 1. The van der Waals surface area contributed by atoms with Crippen LogP contribution in [0.2, 0.25) is 0 Å². The van der Waals surface area contributed by atoms with E-state index >= 15 is 0 Å². The van der Waals surface area contributed by atoms with Gasteiger partial charge in [-0.15, -0.1) is 0 Å². The molecule has 6 rings (SSSR count). The topological polar surface area (TPSA) is 105 Å². The Morgan fingerprint density at radius 1 is 1.08 bits per heavy atom. The highest BCUT2D eigenvalue weighted by Gasteiger charge is 2.44. The normalized spacial score (nSPS) is 22.7. The molecule has 37 heavy (non-hydrogen) atoms. The summed E-state index contributed by atoms with van der Waals surface area (Å²) in [5.41, 5.74) is 4.82. The van der Waals surface area contributed by atoms with Gasteiger partial charge in [0.05, 0.1) is 18.3 Å². The standard InChI is InChI=1S/C29H31N3O5/c1-17-5-2-3-8-24(17)26-25(27(37-31-26)18-9-10-18)16-36-23-14-21-11-12-22(15-23)32(21)29(35)30-20-7-4-6-19(13-20)28(33)34/h2-8,13,18,21-23H,9-12,14-16H2,1H3,(H,30,35)(H,33,34). The number of aryl methyl sites for hydroxylation is 1. The van der Waals surface area contributed by atoms with E-state index in [4.69, 9.17) is 9.26 Å². The Labute approximate surface area is 215 Å². The maximum absolute atomic E-state index is 13.1. The van der Waals surface area contributed by atoms with Crippen LogP contribution in [0.25, 0.3) is 11.3 Å². The van der Waals surface area contributed by atoms with Gasteiger partial charge in [-0.2, -0.15) is 0 Å². The van der Waals surface area contributed by atoms with Crippen molar-refractivity contribution >= 4 is 17.7 Å². The number of fused-ring (bicyclic) bond motifs is 2. The number of urea groups is 1. The average Bonchev–Trinajstić information content (AvgIpc) is 3.59. The second-order valence-corrected chi connectivity index (χ2v) is 10.5. The number of benzene rings is 2. The minimum absolute atomic E-state index is 0.0589. The molecule has 2 atom stereocenters. The van der Waals surface area contributed by atoms with Crippen LogP contribution >= 0.6 is 0 Å². The molecule has 2 N–H and O–H groups in total. The maximum atomic E-state index is 13.1. The number of rotatable bonds is 7. The average molecular weight is 502 g/mol. The first-order chi connectivity index (χ1) is 18.0. The minimum atomic E-state index is -1.02. The highest BCUT2D eigenvalue weighted by atomic mass is 16.5. The Kier molecular flexibility index (Phi) is 6.20. The summed E-state index contributed by atoms with van der Waals surface area (Å²) in [4.78, 5) is 26.3. The summed E-state index contributed by atoms with van der Waals surface area (Å²) in [6.07, 6.45) is 5.77. The van der Waals surface area contributed by atoms with E-state index in [1.807, 2.05) is 17.0 Å². The summed E-state index contributed by atoms with van der Waals surface area (Å²) < 4.78 is 12.3. The third-order valence-corrected chi connectivity index (χ3v) is 7.92. The van der Waals surface area contributed by atoms with Gasteiger partial charge in [-0.25, -0.2) is 9.59 Å². The van der Waals surface area contributed by atoms with Crippen molar-refractivity contribution in [2.45, 2.75) is 76.2 Å². The molecule has 0 spiro atoms. The second-order valence-electron chi connectivity index (χ2n) is 10.5. The number of aromatic nitrogens is 1. The monoisotopic (exact) mass is 501 g/mol. The van der Waals surface area contributed by atoms with Crippen molar-refractivity contribution in [3.05, 3.63) is 71.0 Å². The van der Waals surface area contributed by atoms with Crippen molar-refractivity contribution in [1.29, 1.82) is 0 Å². The van der Waals surface area contributed by atoms with E-state index in [-0.39, 0.29) is 29.8 Å². The lowest BCUT2D eigenvalue weighted by molar-refractivity contribution is -0.0158. The third kappa shape index (κ3) is 4.73. The molecule has 3 heterocycles. The fourth-order valence-electron chi connectivity index (χ4n) is 5.89. The number of piperidine rings is 1. The Bertz CT molecular complexity index is 1320. The lowest BCUT2D eigenvalue weighted by Gasteiger charge is -2.38. The molecule has 1 aromatic heterocycles. The van der Waals surface area contributed by atoms with Crippen molar-refractivity contribution in [3.8, 4) is 11.3 Å². The molecule has 8 nitrogen and oxygen atoms in total. The number of hydrogen-bond donors (Lipinski definition) is 2. The number of hydrogen-bond acceptors (Lipinski definition) is 5. The van der Waals surface area contributed by atoms with Crippen LogP contribution in [0.5, 0.6) is 0 Å². The summed E-state index contributed by atoms with van der Waals surface area (Å²) >= 11 is 0. The molecule has 2 aromatic carbocycles. The first kappa shape index (κ1) is 23.7. The lowest BCUT2D eigenvalue weighted by atomic mass is 9.99. The summed E-state index contributed by atoms with van der Waals surface area (Å²) in [6.45, 7) is 2.54. The van der Waals surface area contributed by atoms with Crippen LogP contribution in [0.4, 0.5) is 10.5 Å². The zero-order valence-electron chi connectivity index (χ0n) is 20.9. The van der Waals surface area contributed by atoms with Gasteiger partial charge in [0, 0.05) is 34.8 Å². The summed E-state index contributed by atoms with van der Waals surface area (Å²) in [5.74, 6) is 0.379. The molecular formula is C29H31N3O5. The van der Waals surface area contributed by atoms with E-state index in [0.717, 1.165) is 66.7 Å². The molecule has 192 valence electrons. The van der Waals surface area contributed by atoms with Crippen molar-refractivity contribution < 1.29 is 24.0 Å². The minimum Gasteiger partial charge on any atom is -0.478 e. The molecule has 8 heteroatoms. The van der Waals surface area contributed by atoms with E-state index < -0.39 is 5.97 Å². The van der Waals surface area contributed by atoms with Crippen LogP contribution < -0.4 is 5.32 Å². The number of carbonyl (C=O) groups is 2. The van der Waals surface area contributed by atoms with Crippen LogP contribution in [0.1, 0.15) is 71.7 Å². The van der Waals surface area contributed by atoms with Crippen LogP contribution in [0.15, 0.2) is 53.1 Å². The van der Waals surface area contributed by atoms with Gasteiger partial charge in [-0.3, -0.25) is 0 Å². The number of ether oxygens (including phenoxy) is 1. The zero-order valence-corrected chi connectivity index (χ0v) is 20.9. The number of nitrogens with zero attached hydrogens (tertiary/aromatic N) is 2. The van der Waals surface area contributed by atoms with Crippen molar-refractivity contribution in [2.24, 2.45) is 0 Å². The Balaban J connectivity index is 1.13. The number of amides is 2. The fourth-order valence-corrected chi connectivity index (χ4v) is 5.89. The molecular weight excluding hydrogens is 470 g/mol. The number of carboxylic acids is 1. The van der Waals surface area contributed by atoms with E-state index in [1.54, 1.807) is 12.1 Å². The van der Waals surface area contributed by atoms with Gasteiger partial charge in [-0.1, -0.05) is 35.5 Å². The van der Waals surface area contributed by atoms with Crippen LogP contribution in [-0.2, 0) is 11.3 Å². The molecule has 2 amide bonds. The number of aromatic carboxylic acids is 1. The summed E-state index contributed by atoms with van der Waals surface area (Å²) in [5, 5.41) is 16.6. The van der Waals surface area contributed by atoms with Gasteiger partial charge in [0.1, 0.15) is 11.5 Å². The predicted octanol–water partition coefficient (Wildman–Crippen LogP) is 5.97. The maximum Gasteiger partial charge on any atom is 0.335 e. The fraction of sp³-hybridized carbons (Fsp3) is 0.414.